The molecule has 4 N–H and O–H groups in total. The van der Waals surface area contributed by atoms with Crippen LogP contribution in [0, 0.1) is 0 Å². The second-order valence-corrected chi connectivity index (χ2v) is 11.8. The maximum atomic E-state index is 11.5. The first-order chi connectivity index (χ1) is 19.5. The van der Waals surface area contributed by atoms with Gasteiger partial charge in [-0.25, -0.2) is 10.6 Å². The lowest BCUT2D eigenvalue weighted by Crippen LogP contribution is -2.45. The van der Waals surface area contributed by atoms with Crippen molar-refractivity contribution < 1.29 is 14.1 Å². The summed E-state index contributed by atoms with van der Waals surface area (Å²) in [6, 6.07) is 15.3. The van der Waals surface area contributed by atoms with Gasteiger partial charge in [0, 0.05) is 36.5 Å². The predicted molar refractivity (Wildman–Crippen MR) is 156 cm³/mol. The number of benzene rings is 2. The Hall–Kier alpha value is -3.88. The summed E-state index contributed by atoms with van der Waals surface area (Å²) in [5.74, 6) is 6.11. The van der Waals surface area contributed by atoms with Gasteiger partial charge in [-0.1, -0.05) is 5.21 Å². The molecular formula is C28H41N11O2+2. The number of ketones is 1. The van der Waals surface area contributed by atoms with Crippen molar-refractivity contribution in [1.82, 2.24) is 39.7 Å². The normalized spacial score (nSPS) is 15.3. The number of nitrogens with two attached hydrogens (primary N) is 2. The Balaban J connectivity index is 0.000000195. The van der Waals surface area contributed by atoms with Crippen LogP contribution in [0.2, 0.25) is 0 Å². The number of rotatable bonds is 8. The zero-order chi connectivity index (χ0) is 29.6. The number of carbonyl (C=O) groups excluding carboxylic acids is 1. The highest BCUT2D eigenvalue weighted by atomic mass is 16.6. The van der Waals surface area contributed by atoms with Gasteiger partial charge >= 0.3 is 0 Å². The van der Waals surface area contributed by atoms with Crippen molar-refractivity contribution in [3.05, 3.63) is 71.8 Å². The van der Waals surface area contributed by atoms with Gasteiger partial charge in [-0.2, -0.15) is 0 Å². The zero-order valence-electron chi connectivity index (χ0n) is 24.5. The lowest BCUT2D eigenvalue weighted by Gasteiger charge is -2.36. The predicted octanol–water partition coefficient (Wildman–Crippen LogP) is 1.61. The van der Waals surface area contributed by atoms with Gasteiger partial charge < -0.3 is 10.2 Å². The van der Waals surface area contributed by atoms with Crippen molar-refractivity contribution in [3.8, 4) is 11.4 Å². The van der Waals surface area contributed by atoms with Crippen LogP contribution in [0.4, 0.5) is 5.69 Å². The van der Waals surface area contributed by atoms with E-state index in [9.17, 15) is 4.79 Å². The van der Waals surface area contributed by atoms with Gasteiger partial charge in [0.1, 0.15) is 18.0 Å². The van der Waals surface area contributed by atoms with E-state index < -0.39 is 0 Å². The quantitative estimate of drug-likeness (QED) is 0.185. The highest BCUT2D eigenvalue weighted by Crippen LogP contribution is 2.27. The van der Waals surface area contributed by atoms with Gasteiger partial charge in [-0.3, -0.25) is 14.1 Å². The summed E-state index contributed by atoms with van der Waals surface area (Å²) >= 11 is 0. The van der Waals surface area contributed by atoms with Crippen molar-refractivity contribution in [2.75, 3.05) is 54.9 Å². The van der Waals surface area contributed by atoms with E-state index in [-0.39, 0.29) is 18.9 Å². The number of Topliss-reactive ketones (excluding diaryl/α,β-unsaturated/α-hetero) is 1. The maximum absolute atomic E-state index is 11.5. The van der Waals surface area contributed by atoms with Gasteiger partial charge in [0.2, 0.25) is 0 Å². The number of quaternary nitrogens is 2. The second kappa shape index (κ2) is 12.7. The monoisotopic (exact) mass is 563 g/mol. The molecule has 218 valence electrons. The van der Waals surface area contributed by atoms with Gasteiger partial charge in [-0.15, -0.1) is 20.1 Å². The number of likely N-dealkylation sites (tertiary alicyclic amines) is 1. The van der Waals surface area contributed by atoms with E-state index in [1.807, 2.05) is 24.3 Å². The molecule has 1 aliphatic rings. The number of aromatic nitrogens is 7. The zero-order valence-corrected chi connectivity index (χ0v) is 24.5. The molecule has 0 atom stereocenters. The van der Waals surface area contributed by atoms with Crippen LogP contribution in [-0.2, 0) is 11.4 Å². The Morgan fingerprint density at radius 2 is 1.61 bits per heavy atom. The molecule has 13 nitrogen and oxygen atoms in total. The molecule has 2 aromatic heterocycles. The minimum atomic E-state index is -0.0771. The number of carbonyl (C=O) groups is 1. The summed E-state index contributed by atoms with van der Waals surface area (Å²) in [5, 5.41) is 20.9. The molecule has 41 heavy (non-hydrogen) atoms. The smallest absolute Gasteiger partial charge is 0.178 e. The van der Waals surface area contributed by atoms with Crippen LogP contribution in [0.1, 0.15) is 40.6 Å². The molecular weight excluding hydrogens is 522 g/mol. The molecule has 5 rings (SSSR count). The Kier molecular flexibility index (Phi) is 9.35. The SMILES string of the molecule is C[N+](C)(C)c1ccc(-n2cc(CON)nn2)cc1.C[N+]1(C)CCC(c2nnn(-c3ccc(C(=O)CN)cc3)n2)CC1. The fraction of sp³-hybridized carbons (Fsp3) is 0.429. The van der Waals surface area contributed by atoms with E-state index in [1.54, 1.807) is 23.0 Å². The summed E-state index contributed by atoms with van der Waals surface area (Å²) in [7, 11) is 10.9. The summed E-state index contributed by atoms with van der Waals surface area (Å²) in [5.41, 5.74) is 9.65. The standard InChI is InChI=1S/C16H23N6O.C12H18N5O/c1-22(2)9-7-13(8-10-22)16-18-20-21(19-16)14-5-3-12(4-6-14)15(23)11-17;1-17(2,3)12-6-4-11(5-7-12)16-8-10(9-18-13)14-15-16/h3-6,13H,7-11,17H2,1-2H3;4-8H,9,13H2,1-3H3/q2*+1. The third-order valence-electron chi connectivity index (χ3n) is 7.23. The van der Waals surface area contributed by atoms with E-state index in [2.05, 4.69) is 77.9 Å². The summed E-state index contributed by atoms with van der Waals surface area (Å²) in [6.07, 6.45) is 3.97. The van der Waals surface area contributed by atoms with E-state index >= 15 is 0 Å². The lowest BCUT2D eigenvalue weighted by atomic mass is 9.95. The topological polar surface area (TPSA) is 153 Å². The Morgan fingerprint density at radius 1 is 0.976 bits per heavy atom. The number of hydrogen-bond donors (Lipinski definition) is 2. The third kappa shape index (κ3) is 7.86. The van der Waals surface area contributed by atoms with Crippen molar-refractivity contribution in [2.45, 2.75) is 25.4 Å². The Morgan fingerprint density at radius 3 is 2.20 bits per heavy atom. The molecule has 0 spiro atoms. The first-order valence-electron chi connectivity index (χ1n) is 13.6. The summed E-state index contributed by atoms with van der Waals surface area (Å²) in [4.78, 5) is 17.6. The molecule has 0 amide bonds. The number of nitrogens with zero attached hydrogens (tertiary/aromatic N) is 9. The third-order valence-corrected chi connectivity index (χ3v) is 7.23. The van der Waals surface area contributed by atoms with Crippen molar-refractivity contribution in [3.63, 3.8) is 0 Å². The van der Waals surface area contributed by atoms with Gasteiger partial charge in [0.15, 0.2) is 11.6 Å². The molecule has 13 heteroatoms. The molecule has 0 radical (unpaired) electrons. The number of hydrogen-bond acceptors (Lipinski definition) is 9. The minimum Gasteiger partial charge on any atom is -0.328 e. The molecule has 0 bridgehead atoms. The van der Waals surface area contributed by atoms with Gasteiger partial charge in [0.05, 0.1) is 72.4 Å². The van der Waals surface area contributed by atoms with Gasteiger partial charge in [-0.05, 0) is 41.6 Å². The van der Waals surface area contributed by atoms with Crippen molar-refractivity contribution in [2.24, 2.45) is 11.6 Å². The maximum Gasteiger partial charge on any atom is 0.178 e. The number of piperidine rings is 1. The van der Waals surface area contributed by atoms with E-state index in [0.717, 1.165) is 52.1 Å². The molecule has 4 aromatic rings. The lowest BCUT2D eigenvalue weighted by molar-refractivity contribution is -0.895. The Labute approximate surface area is 240 Å². The summed E-state index contributed by atoms with van der Waals surface area (Å²) in [6.45, 7) is 2.54. The van der Waals surface area contributed by atoms with Gasteiger partial charge in [0.25, 0.3) is 0 Å². The van der Waals surface area contributed by atoms with Crippen molar-refractivity contribution in [1.29, 1.82) is 0 Å². The molecule has 3 heterocycles. The first-order valence-corrected chi connectivity index (χ1v) is 13.6. The molecule has 1 saturated heterocycles. The van der Waals surface area contributed by atoms with E-state index in [0.29, 0.717) is 17.2 Å². The number of tetrazole rings is 1. The van der Waals surface area contributed by atoms with Crippen LogP contribution in [0.3, 0.4) is 0 Å². The molecule has 0 saturated carbocycles. The van der Waals surface area contributed by atoms with Crippen LogP contribution in [-0.4, -0.2) is 100 Å². The molecule has 0 unspecified atom stereocenters. The van der Waals surface area contributed by atoms with Crippen molar-refractivity contribution >= 4 is 11.5 Å². The average molecular weight is 564 g/mol. The largest absolute Gasteiger partial charge is 0.328 e. The second-order valence-electron chi connectivity index (χ2n) is 11.8. The summed E-state index contributed by atoms with van der Waals surface area (Å²) < 4.78 is 3.54. The highest BCUT2D eigenvalue weighted by molar-refractivity contribution is 5.97. The fourth-order valence-electron chi connectivity index (χ4n) is 4.55. The molecule has 0 aliphatic carbocycles. The van der Waals surface area contributed by atoms with Crippen LogP contribution in [0.5, 0.6) is 0 Å². The van der Waals surface area contributed by atoms with Crippen LogP contribution >= 0.6 is 0 Å². The van der Waals surface area contributed by atoms with Crippen LogP contribution in [0.25, 0.3) is 11.4 Å². The van der Waals surface area contributed by atoms with Crippen LogP contribution in [0.15, 0.2) is 54.7 Å². The fourth-order valence-corrected chi connectivity index (χ4v) is 4.55. The highest BCUT2D eigenvalue weighted by Gasteiger charge is 2.29. The minimum absolute atomic E-state index is 0.0155. The molecule has 1 aliphatic heterocycles. The Bertz CT molecular complexity index is 1410. The average Bonchev–Trinajstić information content (AvgIpc) is 3.64. The van der Waals surface area contributed by atoms with E-state index in [1.165, 1.54) is 10.5 Å². The molecule has 2 aromatic carbocycles. The van der Waals surface area contributed by atoms with E-state index in [4.69, 9.17) is 11.6 Å². The first kappa shape index (κ1) is 30.1. The van der Waals surface area contributed by atoms with Crippen LogP contribution < -0.4 is 16.1 Å². The molecule has 1 fully saturated rings.